The lowest BCUT2D eigenvalue weighted by Crippen LogP contribution is -2.39. The highest BCUT2D eigenvalue weighted by molar-refractivity contribution is 9.10. The summed E-state index contributed by atoms with van der Waals surface area (Å²) in [6.45, 7) is 5.53. The van der Waals surface area contributed by atoms with Gasteiger partial charge in [-0.3, -0.25) is 9.10 Å². The number of aromatic nitrogens is 1. The molecule has 8 nitrogen and oxygen atoms in total. The van der Waals surface area contributed by atoms with Crippen LogP contribution >= 0.6 is 27.5 Å². The van der Waals surface area contributed by atoms with Crippen LogP contribution in [0.2, 0.25) is 5.02 Å². The van der Waals surface area contributed by atoms with Crippen molar-refractivity contribution in [2.45, 2.75) is 25.7 Å². The summed E-state index contributed by atoms with van der Waals surface area (Å²) in [5, 5.41) is 4.52. The van der Waals surface area contributed by atoms with Crippen molar-refractivity contribution in [2.24, 2.45) is 5.10 Å². The van der Waals surface area contributed by atoms with Crippen molar-refractivity contribution in [2.75, 3.05) is 17.5 Å². The zero-order chi connectivity index (χ0) is 28.9. The number of halogens is 2. The van der Waals surface area contributed by atoms with E-state index >= 15 is 0 Å². The van der Waals surface area contributed by atoms with Crippen molar-refractivity contribution < 1.29 is 17.9 Å². The van der Waals surface area contributed by atoms with Gasteiger partial charge in [0, 0.05) is 26.4 Å². The molecule has 4 rings (SSSR count). The van der Waals surface area contributed by atoms with Crippen LogP contribution in [0.1, 0.15) is 23.9 Å². The molecule has 1 amide bonds. The third kappa shape index (κ3) is 6.41. The van der Waals surface area contributed by atoms with Crippen LogP contribution in [0.3, 0.4) is 0 Å². The minimum atomic E-state index is -4.15. The van der Waals surface area contributed by atoms with Gasteiger partial charge in [0.25, 0.3) is 15.9 Å². The summed E-state index contributed by atoms with van der Waals surface area (Å²) in [5.41, 5.74) is 6.41. The summed E-state index contributed by atoms with van der Waals surface area (Å²) >= 11 is 9.56. The highest BCUT2D eigenvalue weighted by Gasteiger charge is 2.29. The first-order chi connectivity index (χ1) is 19.1. The molecule has 1 aromatic heterocycles. The van der Waals surface area contributed by atoms with Crippen LogP contribution in [0.4, 0.5) is 5.69 Å². The Labute approximate surface area is 247 Å². The van der Waals surface area contributed by atoms with Crippen LogP contribution in [0, 0.1) is 13.8 Å². The number of ether oxygens (including phenoxy) is 1. The third-order valence-electron chi connectivity index (χ3n) is 6.08. The van der Waals surface area contributed by atoms with Crippen LogP contribution in [0.15, 0.2) is 93.3 Å². The summed E-state index contributed by atoms with van der Waals surface area (Å²) in [7, 11) is -4.15. The number of hydrazone groups is 1. The molecular formula is C29H28BrClN4O4S. The number of aryl methyl sites for hydroxylation is 1. The minimum absolute atomic E-state index is 0.0148. The van der Waals surface area contributed by atoms with Gasteiger partial charge in [-0.1, -0.05) is 35.9 Å². The van der Waals surface area contributed by atoms with E-state index in [0.717, 1.165) is 31.4 Å². The number of carbonyl (C=O) groups is 1. The molecule has 0 aliphatic heterocycles. The van der Waals surface area contributed by atoms with E-state index in [0.29, 0.717) is 17.4 Å². The van der Waals surface area contributed by atoms with E-state index in [1.54, 1.807) is 37.4 Å². The van der Waals surface area contributed by atoms with Gasteiger partial charge < -0.3 is 9.30 Å². The molecule has 0 atom stereocenters. The quantitative estimate of drug-likeness (QED) is 0.163. The molecule has 0 saturated carbocycles. The lowest BCUT2D eigenvalue weighted by molar-refractivity contribution is -0.119. The van der Waals surface area contributed by atoms with Crippen LogP contribution in [0.5, 0.6) is 5.75 Å². The largest absolute Gasteiger partial charge is 0.492 e. The number of nitrogens with zero attached hydrogens (tertiary/aromatic N) is 3. The summed E-state index contributed by atoms with van der Waals surface area (Å²) in [4.78, 5) is 13.0. The summed E-state index contributed by atoms with van der Waals surface area (Å²) in [6, 6.07) is 22.2. The summed E-state index contributed by atoms with van der Waals surface area (Å²) in [6.07, 6.45) is 1.54. The van der Waals surface area contributed by atoms with Crippen molar-refractivity contribution in [3.8, 4) is 11.4 Å². The highest BCUT2D eigenvalue weighted by Crippen LogP contribution is 2.33. The molecule has 4 aromatic rings. The normalized spacial score (nSPS) is 11.5. The topological polar surface area (TPSA) is 93.0 Å². The van der Waals surface area contributed by atoms with E-state index in [9.17, 15) is 13.2 Å². The Morgan fingerprint density at radius 3 is 2.45 bits per heavy atom. The monoisotopic (exact) mass is 642 g/mol. The fraction of sp³-hybridized carbons (Fsp3) is 0.172. The number of anilines is 1. The van der Waals surface area contributed by atoms with Gasteiger partial charge in [0.05, 0.1) is 29.1 Å². The van der Waals surface area contributed by atoms with Gasteiger partial charge in [-0.05, 0) is 91.3 Å². The van der Waals surface area contributed by atoms with E-state index in [4.69, 9.17) is 16.3 Å². The molecule has 0 radical (unpaired) electrons. The Morgan fingerprint density at radius 2 is 1.75 bits per heavy atom. The number of carbonyl (C=O) groups excluding carboxylic acids is 1. The zero-order valence-corrected chi connectivity index (χ0v) is 25.3. The van der Waals surface area contributed by atoms with E-state index in [1.807, 2.05) is 44.2 Å². The van der Waals surface area contributed by atoms with E-state index in [1.165, 1.54) is 24.3 Å². The molecule has 40 heavy (non-hydrogen) atoms. The molecule has 11 heteroatoms. The molecule has 0 fully saturated rings. The SMILES string of the molecule is CCOc1ccccc1N(CC(=O)N/N=C\c1cc(C)n(-c2ccccc2Br)c1C)S(=O)(=O)c1ccc(Cl)cc1. The average Bonchev–Trinajstić information content (AvgIpc) is 3.21. The van der Waals surface area contributed by atoms with E-state index < -0.39 is 22.5 Å². The third-order valence-corrected chi connectivity index (χ3v) is 8.78. The summed E-state index contributed by atoms with van der Waals surface area (Å²) in [5.74, 6) is -0.293. The van der Waals surface area contributed by atoms with Crippen molar-refractivity contribution in [1.82, 2.24) is 9.99 Å². The van der Waals surface area contributed by atoms with E-state index in [-0.39, 0.29) is 10.6 Å². The Kier molecular flexibility index (Phi) is 9.34. The first kappa shape index (κ1) is 29.4. The van der Waals surface area contributed by atoms with Gasteiger partial charge in [0.15, 0.2) is 0 Å². The molecule has 3 aromatic carbocycles. The fourth-order valence-corrected chi connectivity index (χ4v) is 6.26. The van der Waals surface area contributed by atoms with Crippen molar-refractivity contribution in [1.29, 1.82) is 0 Å². The van der Waals surface area contributed by atoms with Crippen LogP contribution in [-0.4, -0.2) is 38.3 Å². The van der Waals surface area contributed by atoms with Gasteiger partial charge in [-0.15, -0.1) is 0 Å². The molecule has 0 saturated heterocycles. The first-order valence-corrected chi connectivity index (χ1v) is 15.0. The molecule has 0 aliphatic rings. The lowest BCUT2D eigenvalue weighted by Gasteiger charge is -2.25. The molecule has 1 N–H and O–H groups in total. The summed E-state index contributed by atoms with van der Waals surface area (Å²) < 4.78 is 37.1. The van der Waals surface area contributed by atoms with E-state index in [2.05, 4.69) is 31.0 Å². The predicted molar refractivity (Wildman–Crippen MR) is 162 cm³/mol. The Balaban J connectivity index is 1.60. The maximum Gasteiger partial charge on any atom is 0.264 e. The number of para-hydroxylation sites is 3. The molecule has 0 bridgehead atoms. The molecule has 1 heterocycles. The molecule has 0 unspecified atom stereocenters. The highest BCUT2D eigenvalue weighted by atomic mass is 79.9. The number of hydrogen-bond acceptors (Lipinski definition) is 5. The number of hydrogen-bond donors (Lipinski definition) is 1. The Morgan fingerprint density at radius 1 is 1.07 bits per heavy atom. The molecular weight excluding hydrogens is 616 g/mol. The average molecular weight is 644 g/mol. The van der Waals surface area contributed by atoms with Crippen molar-refractivity contribution in [3.63, 3.8) is 0 Å². The molecule has 208 valence electrons. The van der Waals surface area contributed by atoms with Gasteiger partial charge >= 0.3 is 0 Å². The number of nitrogens with one attached hydrogen (secondary N) is 1. The number of rotatable bonds is 10. The second-order valence-electron chi connectivity index (χ2n) is 8.77. The number of benzene rings is 3. The van der Waals surface area contributed by atoms with Crippen molar-refractivity contribution >= 4 is 55.4 Å². The predicted octanol–water partition coefficient (Wildman–Crippen LogP) is 6.25. The molecule has 0 spiro atoms. The van der Waals surface area contributed by atoms with Crippen LogP contribution in [0.25, 0.3) is 5.69 Å². The minimum Gasteiger partial charge on any atom is -0.492 e. The fourth-order valence-electron chi connectivity index (χ4n) is 4.24. The second-order valence-corrected chi connectivity index (χ2v) is 11.9. The van der Waals surface area contributed by atoms with Gasteiger partial charge in [-0.25, -0.2) is 13.8 Å². The van der Waals surface area contributed by atoms with Crippen molar-refractivity contribution in [3.05, 3.63) is 105 Å². The molecule has 0 aliphatic carbocycles. The van der Waals surface area contributed by atoms with Crippen LogP contribution < -0.4 is 14.5 Å². The van der Waals surface area contributed by atoms with Gasteiger partial charge in [-0.2, -0.15) is 5.10 Å². The Hall–Kier alpha value is -3.60. The maximum absolute atomic E-state index is 13.7. The Bertz CT molecular complexity index is 1650. The number of amides is 1. The first-order valence-electron chi connectivity index (χ1n) is 12.4. The lowest BCUT2D eigenvalue weighted by atomic mass is 10.2. The van der Waals surface area contributed by atoms with Gasteiger partial charge in [0.2, 0.25) is 0 Å². The number of sulfonamides is 1. The zero-order valence-electron chi connectivity index (χ0n) is 22.1. The van der Waals surface area contributed by atoms with Gasteiger partial charge in [0.1, 0.15) is 12.3 Å². The maximum atomic E-state index is 13.7. The standard InChI is InChI=1S/C29H28BrClN4O4S/c1-4-39-28-12-8-7-11-27(28)34(40(37,38)24-15-13-23(31)14-16-24)19-29(36)33-32-18-22-17-20(2)35(21(22)3)26-10-6-5-9-25(26)30/h5-18H,4,19H2,1-3H3,(H,33,36)/b32-18-. The smallest absolute Gasteiger partial charge is 0.264 e. The second kappa shape index (κ2) is 12.7. The van der Waals surface area contributed by atoms with Crippen LogP contribution in [-0.2, 0) is 14.8 Å².